The molecule has 0 aromatic carbocycles. The first kappa shape index (κ1) is 13.9. The number of fused-ring (bicyclic) bond motifs is 1. The summed E-state index contributed by atoms with van der Waals surface area (Å²) in [6.07, 6.45) is 9.29. The Morgan fingerprint density at radius 1 is 1.25 bits per heavy atom. The molecule has 0 saturated heterocycles. The highest BCUT2D eigenvalue weighted by Gasteiger charge is 2.27. The summed E-state index contributed by atoms with van der Waals surface area (Å²) >= 11 is 1.63. The van der Waals surface area contributed by atoms with Crippen LogP contribution >= 0.6 is 11.3 Å². The average molecular weight is 292 g/mol. The molecule has 0 radical (unpaired) electrons. The van der Waals surface area contributed by atoms with Gasteiger partial charge in [0, 0.05) is 10.9 Å². The minimum Gasteiger partial charge on any atom is -0.390 e. The Morgan fingerprint density at radius 2 is 2.00 bits per heavy atom. The zero-order valence-corrected chi connectivity index (χ0v) is 13.0. The molecule has 1 aromatic heterocycles. The molecule has 4 heteroatoms. The fraction of sp³-hybridized carbons (Fsp3) is 0.688. The number of rotatable bonds is 2. The molecule has 1 amide bonds. The van der Waals surface area contributed by atoms with Gasteiger partial charge in [-0.05, 0) is 43.6 Å². The summed E-state index contributed by atoms with van der Waals surface area (Å²) in [6, 6.07) is 0.355. The van der Waals surface area contributed by atoms with Gasteiger partial charge in [-0.1, -0.05) is 26.2 Å². The zero-order valence-electron chi connectivity index (χ0n) is 12.2. The van der Waals surface area contributed by atoms with Crippen LogP contribution < -0.4 is 11.1 Å². The predicted molar refractivity (Wildman–Crippen MR) is 84.3 cm³/mol. The highest BCUT2D eigenvalue weighted by atomic mass is 32.1. The third kappa shape index (κ3) is 2.71. The lowest BCUT2D eigenvalue weighted by molar-refractivity contribution is 0.0927. The molecule has 1 saturated carbocycles. The molecular weight excluding hydrogens is 268 g/mol. The number of nitrogens with one attached hydrogen (secondary N) is 1. The van der Waals surface area contributed by atoms with E-state index in [1.807, 2.05) is 0 Å². The van der Waals surface area contributed by atoms with Gasteiger partial charge in [-0.15, -0.1) is 11.3 Å². The van der Waals surface area contributed by atoms with E-state index in [-0.39, 0.29) is 5.91 Å². The molecule has 1 atom stereocenters. The van der Waals surface area contributed by atoms with Crippen LogP contribution in [0.5, 0.6) is 0 Å². The molecule has 0 bridgehead atoms. The van der Waals surface area contributed by atoms with E-state index in [4.69, 9.17) is 5.73 Å². The van der Waals surface area contributed by atoms with Gasteiger partial charge >= 0.3 is 0 Å². The molecule has 3 nitrogen and oxygen atoms in total. The van der Waals surface area contributed by atoms with Crippen molar-refractivity contribution in [2.24, 2.45) is 5.92 Å². The Balaban J connectivity index is 1.77. The third-order valence-electron chi connectivity index (χ3n) is 4.71. The van der Waals surface area contributed by atoms with Crippen molar-refractivity contribution in [3.8, 4) is 0 Å². The van der Waals surface area contributed by atoms with E-state index in [9.17, 15) is 4.79 Å². The SMILES string of the molecule is CC1CCc2c(sc(N)c2C(=O)NC2CCCCC2)C1. The van der Waals surface area contributed by atoms with Crippen LogP contribution in [0.15, 0.2) is 0 Å². The predicted octanol–water partition coefficient (Wildman–Crippen LogP) is 3.52. The van der Waals surface area contributed by atoms with Gasteiger partial charge in [0.15, 0.2) is 0 Å². The van der Waals surface area contributed by atoms with Crippen LogP contribution in [0.4, 0.5) is 5.00 Å². The van der Waals surface area contributed by atoms with Crippen LogP contribution in [0.3, 0.4) is 0 Å². The van der Waals surface area contributed by atoms with Crippen LogP contribution in [0, 0.1) is 5.92 Å². The number of carbonyl (C=O) groups is 1. The van der Waals surface area contributed by atoms with E-state index < -0.39 is 0 Å². The van der Waals surface area contributed by atoms with Crippen LogP contribution in [0.25, 0.3) is 0 Å². The van der Waals surface area contributed by atoms with Gasteiger partial charge in [-0.2, -0.15) is 0 Å². The number of amides is 1. The number of hydrogen-bond donors (Lipinski definition) is 2. The molecule has 110 valence electrons. The van der Waals surface area contributed by atoms with Gasteiger partial charge in [0.05, 0.1) is 10.6 Å². The molecule has 3 rings (SSSR count). The van der Waals surface area contributed by atoms with Gasteiger partial charge in [0.1, 0.15) is 0 Å². The molecule has 20 heavy (non-hydrogen) atoms. The smallest absolute Gasteiger partial charge is 0.254 e. The molecule has 1 fully saturated rings. The molecule has 1 aromatic rings. The molecule has 0 aliphatic heterocycles. The first-order chi connectivity index (χ1) is 9.65. The van der Waals surface area contributed by atoms with Crippen molar-refractivity contribution in [1.82, 2.24) is 5.32 Å². The average Bonchev–Trinajstić information content (AvgIpc) is 2.74. The Kier molecular flexibility index (Phi) is 4.01. The summed E-state index contributed by atoms with van der Waals surface area (Å²) in [5.41, 5.74) is 8.16. The van der Waals surface area contributed by atoms with Crippen molar-refractivity contribution >= 4 is 22.2 Å². The van der Waals surface area contributed by atoms with E-state index in [0.717, 1.165) is 42.2 Å². The maximum Gasteiger partial charge on any atom is 0.254 e. The standard InChI is InChI=1S/C16H24N2OS/c1-10-7-8-12-13(9-10)20-15(17)14(12)16(19)18-11-5-3-2-4-6-11/h10-11H,2-9,17H2,1H3,(H,18,19). The van der Waals surface area contributed by atoms with Crippen molar-refractivity contribution < 1.29 is 4.79 Å². The second-order valence-electron chi connectivity index (χ2n) is 6.40. The van der Waals surface area contributed by atoms with E-state index in [0.29, 0.717) is 6.04 Å². The van der Waals surface area contributed by atoms with Crippen molar-refractivity contribution in [1.29, 1.82) is 0 Å². The van der Waals surface area contributed by atoms with Crippen molar-refractivity contribution in [3.63, 3.8) is 0 Å². The quantitative estimate of drug-likeness (QED) is 0.876. The molecule has 1 heterocycles. The van der Waals surface area contributed by atoms with Crippen LogP contribution in [-0.2, 0) is 12.8 Å². The maximum atomic E-state index is 12.6. The Hall–Kier alpha value is -1.03. The summed E-state index contributed by atoms with van der Waals surface area (Å²) in [5, 5.41) is 3.93. The minimum atomic E-state index is 0.0708. The molecule has 3 N–H and O–H groups in total. The fourth-order valence-electron chi connectivity index (χ4n) is 3.53. The highest BCUT2D eigenvalue weighted by Crippen LogP contribution is 2.38. The van der Waals surface area contributed by atoms with Crippen LogP contribution in [-0.4, -0.2) is 11.9 Å². The Bertz CT molecular complexity index is 503. The molecule has 1 unspecified atom stereocenters. The molecular formula is C16H24N2OS. The summed E-state index contributed by atoms with van der Waals surface area (Å²) in [5.74, 6) is 0.788. The largest absolute Gasteiger partial charge is 0.390 e. The Labute approximate surface area is 124 Å². The zero-order chi connectivity index (χ0) is 14.1. The number of hydrogen-bond acceptors (Lipinski definition) is 3. The monoisotopic (exact) mass is 292 g/mol. The van der Waals surface area contributed by atoms with Gasteiger partial charge in [0.25, 0.3) is 5.91 Å². The highest BCUT2D eigenvalue weighted by molar-refractivity contribution is 7.16. The first-order valence-electron chi connectivity index (χ1n) is 7.86. The third-order valence-corrected chi connectivity index (χ3v) is 5.79. The summed E-state index contributed by atoms with van der Waals surface area (Å²) in [6.45, 7) is 2.28. The first-order valence-corrected chi connectivity index (χ1v) is 8.67. The van der Waals surface area contributed by atoms with Crippen molar-refractivity contribution in [2.75, 3.05) is 5.73 Å². The number of anilines is 1. The van der Waals surface area contributed by atoms with Crippen LogP contribution in [0.1, 0.15) is 66.2 Å². The van der Waals surface area contributed by atoms with Gasteiger partial charge in [0.2, 0.25) is 0 Å². The van der Waals surface area contributed by atoms with Crippen molar-refractivity contribution in [2.45, 2.75) is 64.3 Å². The lowest BCUT2D eigenvalue weighted by atomic mass is 9.88. The second kappa shape index (κ2) is 5.76. The van der Waals surface area contributed by atoms with E-state index >= 15 is 0 Å². The lowest BCUT2D eigenvalue weighted by Crippen LogP contribution is -2.36. The summed E-state index contributed by atoms with van der Waals surface area (Å²) in [7, 11) is 0. The normalized spacial score (nSPS) is 23.4. The second-order valence-corrected chi connectivity index (χ2v) is 7.54. The minimum absolute atomic E-state index is 0.0708. The number of carbonyl (C=O) groups excluding carboxylic acids is 1. The number of thiophene rings is 1. The van der Waals surface area contributed by atoms with E-state index in [1.165, 1.54) is 36.1 Å². The van der Waals surface area contributed by atoms with Crippen molar-refractivity contribution in [3.05, 3.63) is 16.0 Å². The maximum absolute atomic E-state index is 12.6. The molecule has 2 aliphatic rings. The van der Waals surface area contributed by atoms with Crippen LogP contribution in [0.2, 0.25) is 0 Å². The molecule has 0 spiro atoms. The van der Waals surface area contributed by atoms with Gasteiger partial charge < -0.3 is 11.1 Å². The summed E-state index contributed by atoms with van der Waals surface area (Å²) in [4.78, 5) is 13.9. The van der Waals surface area contributed by atoms with E-state index in [2.05, 4.69) is 12.2 Å². The number of nitrogens with two attached hydrogens (primary N) is 1. The van der Waals surface area contributed by atoms with E-state index in [1.54, 1.807) is 11.3 Å². The lowest BCUT2D eigenvalue weighted by Gasteiger charge is -2.23. The molecule has 2 aliphatic carbocycles. The summed E-state index contributed by atoms with van der Waals surface area (Å²) < 4.78 is 0. The Morgan fingerprint density at radius 3 is 2.75 bits per heavy atom. The fourth-order valence-corrected chi connectivity index (χ4v) is 4.80. The topological polar surface area (TPSA) is 55.1 Å². The number of nitrogen functional groups attached to an aromatic ring is 1. The van der Waals surface area contributed by atoms with Gasteiger partial charge in [-0.3, -0.25) is 4.79 Å². The van der Waals surface area contributed by atoms with Gasteiger partial charge in [-0.25, -0.2) is 0 Å².